The second-order valence-electron chi connectivity index (χ2n) is 2.69. The van der Waals surface area contributed by atoms with Crippen LogP contribution in [0.4, 0.5) is 5.13 Å². The Balaban J connectivity index is 1.96. The molecule has 0 bridgehead atoms. The molecule has 0 spiro atoms. The van der Waals surface area contributed by atoms with Crippen LogP contribution in [-0.4, -0.2) is 21.2 Å². The minimum absolute atomic E-state index is 0.0441. The normalized spacial score (nSPS) is 10.1. The number of aromatic carboxylic acids is 1. The van der Waals surface area contributed by atoms with Crippen molar-refractivity contribution in [2.75, 3.05) is 5.32 Å². The van der Waals surface area contributed by atoms with Crippen LogP contribution in [0.25, 0.3) is 0 Å². The van der Waals surface area contributed by atoms with Gasteiger partial charge in [0, 0.05) is 11.4 Å². The molecule has 7 heteroatoms. The lowest BCUT2D eigenvalue weighted by atomic mass is 10.4. The third kappa shape index (κ3) is 2.32. The molecule has 0 aliphatic heterocycles. The highest BCUT2D eigenvalue weighted by molar-refractivity contribution is 7.13. The third-order valence-corrected chi connectivity index (χ3v) is 2.44. The van der Waals surface area contributed by atoms with Crippen molar-refractivity contribution in [3.05, 3.63) is 29.1 Å². The van der Waals surface area contributed by atoms with Crippen molar-refractivity contribution in [3.8, 4) is 0 Å². The number of hydrogen-bond donors (Lipinski definition) is 2. The van der Waals surface area contributed by atoms with Crippen molar-refractivity contribution >= 4 is 22.4 Å². The van der Waals surface area contributed by atoms with Gasteiger partial charge in [-0.1, -0.05) is 5.16 Å². The molecule has 2 N–H and O–H groups in total. The van der Waals surface area contributed by atoms with Crippen molar-refractivity contribution in [2.24, 2.45) is 0 Å². The maximum atomic E-state index is 10.5. The van der Waals surface area contributed by atoms with Gasteiger partial charge in [0.2, 0.25) is 0 Å². The number of thiazole rings is 1. The van der Waals surface area contributed by atoms with E-state index in [0.29, 0.717) is 11.7 Å². The van der Waals surface area contributed by atoms with E-state index < -0.39 is 5.97 Å². The predicted octanol–water partition coefficient (Wildman–Crippen LogP) is 1.44. The van der Waals surface area contributed by atoms with Crippen molar-refractivity contribution in [2.45, 2.75) is 6.54 Å². The topological polar surface area (TPSA) is 88.2 Å². The van der Waals surface area contributed by atoms with E-state index in [0.717, 1.165) is 5.69 Å². The van der Waals surface area contributed by atoms with Crippen molar-refractivity contribution in [3.63, 3.8) is 0 Å². The predicted molar refractivity (Wildman–Crippen MR) is 52.9 cm³/mol. The lowest BCUT2D eigenvalue weighted by molar-refractivity contribution is 0.0691. The van der Waals surface area contributed by atoms with E-state index in [4.69, 9.17) is 5.11 Å². The van der Waals surface area contributed by atoms with Crippen molar-refractivity contribution in [1.29, 1.82) is 0 Å². The number of anilines is 1. The van der Waals surface area contributed by atoms with Crippen LogP contribution in [0.2, 0.25) is 0 Å². The van der Waals surface area contributed by atoms with Gasteiger partial charge in [-0.3, -0.25) is 0 Å². The number of nitrogens with one attached hydrogen (secondary N) is 1. The van der Waals surface area contributed by atoms with Gasteiger partial charge in [-0.05, 0) is 0 Å². The monoisotopic (exact) mass is 225 g/mol. The molecule has 78 valence electrons. The zero-order valence-electron chi connectivity index (χ0n) is 7.51. The molecule has 2 aromatic heterocycles. The number of carbonyl (C=O) groups is 1. The van der Waals surface area contributed by atoms with Gasteiger partial charge in [-0.2, -0.15) is 0 Å². The molecule has 15 heavy (non-hydrogen) atoms. The molecule has 2 heterocycles. The standard InChI is InChI=1S/C8H7N3O3S/c12-7(13)6-4-15-8(10-6)9-3-5-1-2-14-11-5/h1-2,4H,3H2,(H,9,10)(H,12,13). The van der Waals surface area contributed by atoms with Gasteiger partial charge in [-0.15, -0.1) is 11.3 Å². The summed E-state index contributed by atoms with van der Waals surface area (Å²) in [5.74, 6) is -1.03. The summed E-state index contributed by atoms with van der Waals surface area (Å²) in [6.07, 6.45) is 1.47. The van der Waals surface area contributed by atoms with E-state index in [1.165, 1.54) is 23.0 Å². The lowest BCUT2D eigenvalue weighted by Crippen LogP contribution is -2.01. The maximum Gasteiger partial charge on any atom is 0.355 e. The van der Waals surface area contributed by atoms with Gasteiger partial charge >= 0.3 is 5.97 Å². The van der Waals surface area contributed by atoms with E-state index >= 15 is 0 Å². The van der Waals surface area contributed by atoms with Crippen LogP contribution < -0.4 is 5.32 Å². The molecule has 2 aromatic rings. The molecule has 0 aliphatic rings. The Morgan fingerprint density at radius 2 is 2.53 bits per heavy atom. The summed E-state index contributed by atoms with van der Waals surface area (Å²) in [6, 6.07) is 1.72. The first kappa shape index (κ1) is 9.66. The Morgan fingerprint density at radius 1 is 1.67 bits per heavy atom. The number of carboxylic acids is 1. The van der Waals surface area contributed by atoms with Gasteiger partial charge in [0.05, 0.1) is 6.54 Å². The highest BCUT2D eigenvalue weighted by Crippen LogP contribution is 2.15. The maximum absolute atomic E-state index is 10.5. The van der Waals surface area contributed by atoms with E-state index in [1.807, 2.05) is 0 Å². The highest BCUT2D eigenvalue weighted by Gasteiger charge is 2.08. The zero-order chi connectivity index (χ0) is 10.7. The second kappa shape index (κ2) is 4.09. The molecule has 0 atom stereocenters. The summed E-state index contributed by atoms with van der Waals surface area (Å²) in [7, 11) is 0. The molecule has 0 amide bonds. The first-order valence-corrected chi connectivity index (χ1v) is 4.95. The summed E-state index contributed by atoms with van der Waals surface area (Å²) in [5, 5.41) is 17.3. The fraction of sp³-hybridized carbons (Fsp3) is 0.125. The fourth-order valence-electron chi connectivity index (χ4n) is 0.948. The molecule has 0 saturated heterocycles. The van der Waals surface area contributed by atoms with Gasteiger partial charge in [0.1, 0.15) is 12.0 Å². The largest absolute Gasteiger partial charge is 0.476 e. The first-order valence-electron chi connectivity index (χ1n) is 4.07. The summed E-state index contributed by atoms with van der Waals surface area (Å²) in [5.41, 5.74) is 0.782. The van der Waals surface area contributed by atoms with Gasteiger partial charge in [-0.25, -0.2) is 9.78 Å². The molecule has 0 radical (unpaired) electrons. The van der Waals surface area contributed by atoms with Crippen LogP contribution >= 0.6 is 11.3 Å². The second-order valence-corrected chi connectivity index (χ2v) is 3.55. The SMILES string of the molecule is O=C(O)c1csc(NCc2ccon2)n1. The number of rotatable bonds is 4. The van der Waals surface area contributed by atoms with Gasteiger partial charge in [0.15, 0.2) is 10.8 Å². The summed E-state index contributed by atoms with van der Waals surface area (Å²) >= 11 is 1.24. The Morgan fingerprint density at radius 3 is 3.13 bits per heavy atom. The molecule has 0 aromatic carbocycles. The van der Waals surface area contributed by atoms with Crippen LogP contribution in [0, 0.1) is 0 Å². The van der Waals surface area contributed by atoms with E-state index in [2.05, 4.69) is 20.0 Å². The Bertz CT molecular complexity index is 451. The molecule has 0 unspecified atom stereocenters. The Kier molecular flexibility index (Phi) is 2.64. The van der Waals surface area contributed by atoms with Crippen LogP contribution in [0.3, 0.4) is 0 Å². The molecule has 0 saturated carbocycles. The lowest BCUT2D eigenvalue weighted by Gasteiger charge is -1.96. The quantitative estimate of drug-likeness (QED) is 0.818. The molecule has 6 nitrogen and oxygen atoms in total. The number of hydrogen-bond acceptors (Lipinski definition) is 6. The number of nitrogens with zero attached hydrogens (tertiary/aromatic N) is 2. The summed E-state index contributed by atoms with van der Waals surface area (Å²) in [6.45, 7) is 0.461. The molecule has 0 aliphatic carbocycles. The third-order valence-electron chi connectivity index (χ3n) is 1.64. The molecule has 2 rings (SSSR count). The number of aromatic nitrogens is 2. The minimum Gasteiger partial charge on any atom is -0.476 e. The van der Waals surface area contributed by atoms with Crippen molar-refractivity contribution in [1.82, 2.24) is 10.1 Å². The average Bonchev–Trinajstić information content (AvgIpc) is 2.86. The van der Waals surface area contributed by atoms with Gasteiger partial charge < -0.3 is 14.9 Å². The smallest absolute Gasteiger partial charge is 0.355 e. The van der Waals surface area contributed by atoms with E-state index in [1.54, 1.807) is 6.07 Å². The Labute approximate surface area is 88.5 Å². The van der Waals surface area contributed by atoms with Gasteiger partial charge in [0.25, 0.3) is 0 Å². The van der Waals surface area contributed by atoms with Crippen molar-refractivity contribution < 1.29 is 14.4 Å². The molecular formula is C8H7N3O3S. The first-order chi connectivity index (χ1) is 7.25. The minimum atomic E-state index is -1.03. The fourth-order valence-corrected chi connectivity index (χ4v) is 1.63. The van der Waals surface area contributed by atoms with Crippen LogP contribution in [0.5, 0.6) is 0 Å². The number of carboxylic acid groups (broad SMARTS) is 1. The van der Waals surface area contributed by atoms with Crippen LogP contribution in [-0.2, 0) is 6.54 Å². The average molecular weight is 225 g/mol. The summed E-state index contributed by atoms with van der Waals surface area (Å²) in [4.78, 5) is 14.4. The molecule has 0 fully saturated rings. The van der Waals surface area contributed by atoms with E-state index in [-0.39, 0.29) is 5.69 Å². The highest BCUT2D eigenvalue weighted by atomic mass is 32.1. The van der Waals surface area contributed by atoms with Crippen LogP contribution in [0.15, 0.2) is 22.2 Å². The zero-order valence-corrected chi connectivity index (χ0v) is 8.32. The Hall–Kier alpha value is -1.89. The molecular weight excluding hydrogens is 218 g/mol. The summed E-state index contributed by atoms with van der Waals surface area (Å²) < 4.78 is 4.65. The van der Waals surface area contributed by atoms with E-state index in [9.17, 15) is 4.79 Å². The van der Waals surface area contributed by atoms with Crippen LogP contribution in [0.1, 0.15) is 16.2 Å².